The van der Waals surface area contributed by atoms with Crippen molar-refractivity contribution in [3.63, 3.8) is 0 Å². The van der Waals surface area contributed by atoms with Gasteiger partial charge >= 0.3 is 0 Å². The summed E-state index contributed by atoms with van der Waals surface area (Å²) in [5.74, 6) is 0. The topological polar surface area (TPSA) is 15.3 Å². The smallest absolute Gasteiger partial charge is 0.200 e. The molecule has 1 aliphatic heterocycles. The van der Waals surface area contributed by atoms with Crippen LogP contribution in [0.1, 0.15) is 6.92 Å². The zero-order valence-corrected chi connectivity index (χ0v) is 9.64. The van der Waals surface area contributed by atoms with Crippen LogP contribution in [0.5, 0.6) is 0 Å². The van der Waals surface area contributed by atoms with Crippen molar-refractivity contribution in [3.05, 3.63) is 9.21 Å². The van der Waals surface area contributed by atoms with Gasteiger partial charge in [-0.05, 0) is 38.8 Å². The number of hydrogen-bond acceptors (Lipinski definition) is 2. The van der Waals surface area contributed by atoms with E-state index in [2.05, 4.69) is 37.2 Å². The monoisotopic (exact) mass is 308 g/mol. The molecule has 0 bridgehead atoms. The molecule has 0 amide bonds. The lowest BCUT2D eigenvalue weighted by Crippen LogP contribution is -2.39. The minimum atomic E-state index is -0.751. The van der Waals surface area contributed by atoms with Crippen LogP contribution < -0.4 is 5.32 Å². The Hall–Kier alpha value is 0.880. The summed E-state index contributed by atoms with van der Waals surface area (Å²) < 4.78 is 2.81. The maximum atomic E-state index is 5.89. The number of alkyl halides is 1. The SMILES string of the molecule is CC1(Cl)NC(Br)=C(Br)N1Cl. The maximum Gasteiger partial charge on any atom is 0.200 e. The molecule has 0 aliphatic carbocycles. The van der Waals surface area contributed by atoms with Gasteiger partial charge in [0.1, 0.15) is 9.21 Å². The number of hydrogen-bond donors (Lipinski definition) is 1. The molecule has 6 heteroatoms. The van der Waals surface area contributed by atoms with Crippen LogP contribution in [0, 0.1) is 0 Å². The zero-order chi connectivity index (χ0) is 7.94. The van der Waals surface area contributed by atoms with E-state index in [-0.39, 0.29) is 0 Å². The second-order valence-corrected chi connectivity index (χ2v) is 4.58. The lowest BCUT2D eigenvalue weighted by atomic mass is 10.6. The van der Waals surface area contributed by atoms with E-state index in [0.717, 1.165) is 4.61 Å². The van der Waals surface area contributed by atoms with Gasteiger partial charge in [0.05, 0.1) is 0 Å². The first-order valence-corrected chi connectivity index (χ1v) is 4.74. The molecular formula is C4H4Br2Cl2N2. The van der Waals surface area contributed by atoms with Crippen LogP contribution in [0.4, 0.5) is 0 Å². The van der Waals surface area contributed by atoms with Crippen LogP contribution in [0.2, 0.25) is 0 Å². The van der Waals surface area contributed by atoms with Gasteiger partial charge in [-0.3, -0.25) is 0 Å². The van der Waals surface area contributed by atoms with Crippen molar-refractivity contribution in [2.75, 3.05) is 0 Å². The first-order valence-electron chi connectivity index (χ1n) is 2.43. The molecule has 0 aromatic carbocycles. The molecule has 58 valence electrons. The summed E-state index contributed by atoms with van der Waals surface area (Å²) in [5, 5.41) is 2.15. The minimum absolute atomic E-state index is 0.701. The standard InChI is InChI=1S/C4H4Br2Cl2N2/c1-4(7)9-2(5)3(6)10(4)8/h9H,1H3. The normalized spacial score (nSPS) is 33.1. The Balaban J connectivity index is 2.87. The molecule has 0 fully saturated rings. The summed E-state index contributed by atoms with van der Waals surface area (Å²) in [4.78, 5) is 0. The molecule has 1 rings (SSSR count). The van der Waals surface area contributed by atoms with E-state index in [1.54, 1.807) is 6.92 Å². The number of nitrogens with zero attached hydrogens (tertiary/aromatic N) is 1. The average molecular weight is 311 g/mol. The second-order valence-electron chi connectivity index (χ2n) is 1.96. The van der Waals surface area contributed by atoms with Crippen molar-refractivity contribution in [3.8, 4) is 0 Å². The highest BCUT2D eigenvalue weighted by Crippen LogP contribution is 2.38. The van der Waals surface area contributed by atoms with Crippen LogP contribution in [0.3, 0.4) is 0 Å². The van der Waals surface area contributed by atoms with Crippen molar-refractivity contribution in [2.45, 2.75) is 12.0 Å². The fraction of sp³-hybridized carbons (Fsp3) is 0.500. The van der Waals surface area contributed by atoms with Gasteiger partial charge in [0, 0.05) is 11.8 Å². The van der Waals surface area contributed by atoms with Gasteiger partial charge in [-0.2, -0.15) is 0 Å². The van der Waals surface area contributed by atoms with Crippen LogP contribution >= 0.6 is 55.2 Å². The molecular weight excluding hydrogens is 307 g/mol. The molecule has 0 aromatic heterocycles. The summed E-state index contributed by atoms with van der Waals surface area (Å²) in [6.45, 7) is 1.75. The van der Waals surface area contributed by atoms with Gasteiger partial charge in [-0.15, -0.1) is 0 Å². The minimum Gasteiger partial charge on any atom is -0.341 e. The highest BCUT2D eigenvalue weighted by atomic mass is 79.9. The molecule has 0 radical (unpaired) electrons. The Kier molecular flexibility index (Phi) is 2.45. The first-order chi connectivity index (χ1) is 4.45. The molecule has 10 heavy (non-hydrogen) atoms. The van der Waals surface area contributed by atoms with Gasteiger partial charge < -0.3 is 5.32 Å². The van der Waals surface area contributed by atoms with Crippen molar-refractivity contribution in [2.24, 2.45) is 0 Å². The molecule has 1 heterocycles. The summed E-state index contributed by atoms with van der Waals surface area (Å²) >= 11 is 18.1. The van der Waals surface area contributed by atoms with Crippen LogP contribution in [-0.2, 0) is 0 Å². The Morgan fingerprint density at radius 2 is 2.10 bits per heavy atom. The van der Waals surface area contributed by atoms with E-state index in [1.165, 1.54) is 4.42 Å². The van der Waals surface area contributed by atoms with Gasteiger partial charge in [0.2, 0.25) is 5.12 Å². The van der Waals surface area contributed by atoms with E-state index in [0.29, 0.717) is 4.61 Å². The molecule has 1 N–H and O–H groups in total. The van der Waals surface area contributed by atoms with E-state index >= 15 is 0 Å². The van der Waals surface area contributed by atoms with E-state index in [1.807, 2.05) is 0 Å². The molecule has 1 aliphatic rings. The summed E-state index contributed by atoms with van der Waals surface area (Å²) in [7, 11) is 0. The number of nitrogens with one attached hydrogen (secondary N) is 1. The summed E-state index contributed by atoms with van der Waals surface area (Å²) in [6.07, 6.45) is 0. The van der Waals surface area contributed by atoms with E-state index < -0.39 is 5.12 Å². The second kappa shape index (κ2) is 2.73. The van der Waals surface area contributed by atoms with Gasteiger partial charge in [0.25, 0.3) is 0 Å². The quantitative estimate of drug-likeness (QED) is 0.420. The van der Waals surface area contributed by atoms with Gasteiger partial charge in [-0.25, -0.2) is 4.42 Å². The molecule has 0 aromatic rings. The third-order valence-electron chi connectivity index (χ3n) is 1.06. The van der Waals surface area contributed by atoms with Crippen LogP contribution in [0.15, 0.2) is 9.21 Å². The number of halogens is 4. The van der Waals surface area contributed by atoms with E-state index in [4.69, 9.17) is 23.4 Å². The number of rotatable bonds is 0. The van der Waals surface area contributed by atoms with Crippen LogP contribution in [0.25, 0.3) is 0 Å². The average Bonchev–Trinajstić information content (AvgIpc) is 1.95. The fourth-order valence-electron chi connectivity index (χ4n) is 0.571. The highest BCUT2D eigenvalue weighted by molar-refractivity contribution is 9.14. The Morgan fingerprint density at radius 1 is 1.60 bits per heavy atom. The lowest BCUT2D eigenvalue weighted by molar-refractivity contribution is 0.394. The predicted octanol–water partition coefficient (Wildman–Crippen LogP) is 2.87. The third kappa shape index (κ3) is 1.40. The Morgan fingerprint density at radius 3 is 2.20 bits per heavy atom. The van der Waals surface area contributed by atoms with Crippen molar-refractivity contribution < 1.29 is 0 Å². The fourth-order valence-corrected chi connectivity index (χ4v) is 2.21. The van der Waals surface area contributed by atoms with E-state index in [9.17, 15) is 0 Å². The first kappa shape index (κ1) is 8.97. The Bertz CT molecular complexity index is 192. The molecule has 0 saturated heterocycles. The van der Waals surface area contributed by atoms with Gasteiger partial charge in [-0.1, -0.05) is 11.6 Å². The summed E-state index contributed by atoms with van der Waals surface area (Å²) in [6, 6.07) is 0. The molecule has 1 unspecified atom stereocenters. The largest absolute Gasteiger partial charge is 0.341 e. The predicted molar refractivity (Wildman–Crippen MR) is 50.0 cm³/mol. The van der Waals surface area contributed by atoms with Crippen molar-refractivity contribution >= 4 is 55.2 Å². The Labute approximate surface area is 85.9 Å². The highest BCUT2D eigenvalue weighted by Gasteiger charge is 2.37. The van der Waals surface area contributed by atoms with Gasteiger partial charge in [0.15, 0.2) is 0 Å². The maximum absolute atomic E-state index is 5.89. The molecule has 1 atom stereocenters. The summed E-state index contributed by atoms with van der Waals surface area (Å²) in [5.41, 5.74) is 0. The molecule has 2 nitrogen and oxygen atoms in total. The molecule has 0 saturated carbocycles. The molecule has 0 spiro atoms. The van der Waals surface area contributed by atoms with Crippen LogP contribution in [-0.4, -0.2) is 9.54 Å². The van der Waals surface area contributed by atoms with Crippen molar-refractivity contribution in [1.82, 2.24) is 9.74 Å². The lowest BCUT2D eigenvalue weighted by Gasteiger charge is -2.23. The van der Waals surface area contributed by atoms with Crippen molar-refractivity contribution in [1.29, 1.82) is 0 Å². The zero-order valence-electron chi connectivity index (χ0n) is 4.96. The third-order valence-corrected chi connectivity index (χ3v) is 3.98.